The molecule has 2 aromatic carbocycles. The number of pyridine rings is 1. The quantitative estimate of drug-likeness (QED) is 0.297. The first-order valence-electron chi connectivity index (χ1n) is 15.7. The molecule has 5 rings (SSSR count). The van der Waals surface area contributed by atoms with Gasteiger partial charge in [-0.15, -0.1) is 0 Å². The second-order valence-corrected chi connectivity index (χ2v) is 11.7. The summed E-state index contributed by atoms with van der Waals surface area (Å²) in [6.45, 7) is 5.60. The molecule has 3 heterocycles. The summed E-state index contributed by atoms with van der Waals surface area (Å²) in [6, 6.07) is 14.7. The molecule has 4 amide bonds. The minimum atomic E-state index is -0.570. The largest absolute Gasteiger partial charge is 0.491 e. The van der Waals surface area contributed by atoms with Gasteiger partial charge in [-0.25, -0.2) is 4.79 Å². The van der Waals surface area contributed by atoms with Crippen LogP contribution >= 0.6 is 0 Å². The summed E-state index contributed by atoms with van der Waals surface area (Å²) in [5.74, 6) is 0.726. The molecule has 0 unspecified atom stereocenters. The summed E-state index contributed by atoms with van der Waals surface area (Å²) in [5, 5.41) is 8.54. The zero-order valence-electron chi connectivity index (χ0n) is 26.8. The minimum absolute atomic E-state index is 0.0574. The van der Waals surface area contributed by atoms with Crippen molar-refractivity contribution in [3.05, 3.63) is 87.3 Å². The van der Waals surface area contributed by atoms with Crippen molar-refractivity contribution in [3.8, 4) is 17.2 Å². The first-order chi connectivity index (χ1) is 22.7. The van der Waals surface area contributed by atoms with E-state index in [0.29, 0.717) is 49.0 Å². The van der Waals surface area contributed by atoms with Gasteiger partial charge in [-0.3, -0.25) is 14.4 Å². The maximum atomic E-state index is 13.5. The number of hydrogen-bond donors (Lipinski definition) is 4. The number of urea groups is 1. The van der Waals surface area contributed by atoms with Crippen molar-refractivity contribution in [1.82, 2.24) is 25.8 Å². The second kappa shape index (κ2) is 15.6. The van der Waals surface area contributed by atoms with E-state index in [1.165, 1.54) is 0 Å². The molecule has 1 fully saturated rings. The molecule has 2 aliphatic rings. The third-order valence-electron chi connectivity index (χ3n) is 7.94. The van der Waals surface area contributed by atoms with E-state index in [1.54, 1.807) is 48.4 Å². The summed E-state index contributed by atoms with van der Waals surface area (Å²) in [7, 11) is 1.57. The van der Waals surface area contributed by atoms with Crippen LogP contribution < -0.4 is 31.0 Å². The SMILES string of the molecule is COCCOc1cc2cc(c1)C(=O)NCCNC(=O)N[C@H]1CCN(C(=O)c3ccc(C(C)C)[nH]c3=O)C[C@@H]1OCc1cccc(c1)O2. The molecule has 2 aliphatic heterocycles. The smallest absolute Gasteiger partial charge is 0.315 e. The van der Waals surface area contributed by atoms with E-state index in [1.807, 2.05) is 32.0 Å². The third-order valence-corrected chi connectivity index (χ3v) is 7.94. The van der Waals surface area contributed by atoms with E-state index in [-0.39, 0.29) is 43.6 Å². The van der Waals surface area contributed by atoms with Crippen LogP contribution in [-0.4, -0.2) is 86.4 Å². The molecule has 0 saturated carbocycles. The predicted octanol–water partition coefficient (Wildman–Crippen LogP) is 3.16. The molecule has 0 radical (unpaired) electrons. The maximum absolute atomic E-state index is 13.5. The zero-order valence-corrected chi connectivity index (χ0v) is 26.8. The van der Waals surface area contributed by atoms with Gasteiger partial charge in [-0.2, -0.15) is 0 Å². The molecular weight excluding hydrogens is 606 g/mol. The highest BCUT2D eigenvalue weighted by Gasteiger charge is 2.34. The number of aromatic amines is 1. The maximum Gasteiger partial charge on any atom is 0.315 e. The Kier molecular flexibility index (Phi) is 11.1. The molecule has 13 heteroatoms. The van der Waals surface area contributed by atoms with Crippen molar-refractivity contribution in [2.24, 2.45) is 0 Å². The minimum Gasteiger partial charge on any atom is -0.491 e. The normalized spacial score (nSPS) is 18.9. The number of nitrogens with one attached hydrogen (secondary N) is 4. The standard InChI is InChI=1S/C34H41N5O8/c1-21(2)28-8-7-27(32(41)37-28)33(42)39-12-9-29-30(19-39)46-20-22-5-4-6-24(15-22)47-26-17-23(16-25(18-26)45-14-13-44-3)31(40)35-10-11-36-34(43)38-29/h4-8,15-18,21,29-30H,9-14,19-20H2,1-3H3,(H,35,40)(H,37,41)(H2,36,38,43)/t29-,30-/m0/s1. The van der Waals surface area contributed by atoms with Crippen LogP contribution in [0.5, 0.6) is 17.2 Å². The van der Waals surface area contributed by atoms with Gasteiger partial charge in [-0.1, -0.05) is 26.0 Å². The number of likely N-dealkylation sites (tertiary alicyclic amines) is 1. The predicted molar refractivity (Wildman–Crippen MR) is 173 cm³/mol. The van der Waals surface area contributed by atoms with Gasteiger partial charge >= 0.3 is 6.03 Å². The Morgan fingerprint density at radius 1 is 1.00 bits per heavy atom. The number of benzene rings is 2. The lowest BCUT2D eigenvalue weighted by Crippen LogP contribution is -2.58. The van der Waals surface area contributed by atoms with Crippen LogP contribution in [0.4, 0.5) is 4.79 Å². The first kappa shape index (κ1) is 33.5. The molecule has 1 aromatic heterocycles. The van der Waals surface area contributed by atoms with Crippen LogP contribution in [0.2, 0.25) is 0 Å². The van der Waals surface area contributed by atoms with Crippen LogP contribution in [0.1, 0.15) is 58.2 Å². The number of rotatable bonds is 6. The molecule has 13 nitrogen and oxygen atoms in total. The third kappa shape index (κ3) is 8.89. The highest BCUT2D eigenvalue weighted by molar-refractivity contribution is 5.95. The summed E-state index contributed by atoms with van der Waals surface area (Å²) < 4.78 is 23.3. The number of carbonyl (C=O) groups is 3. The number of aromatic nitrogens is 1. The van der Waals surface area contributed by atoms with Crippen LogP contribution in [-0.2, 0) is 16.1 Å². The Hall–Kier alpha value is -4.88. The number of methoxy groups -OCH3 is 1. The number of nitrogens with zero attached hydrogens (tertiary/aromatic N) is 1. The van der Waals surface area contributed by atoms with Gasteiger partial charge in [0, 0.05) is 50.6 Å². The van der Waals surface area contributed by atoms with Crippen molar-refractivity contribution < 1.29 is 33.3 Å². The van der Waals surface area contributed by atoms with E-state index < -0.39 is 29.6 Å². The number of hydrogen-bond acceptors (Lipinski definition) is 8. The van der Waals surface area contributed by atoms with Crippen molar-refractivity contribution in [3.63, 3.8) is 0 Å². The number of piperidine rings is 1. The van der Waals surface area contributed by atoms with Crippen LogP contribution in [0.15, 0.2) is 59.4 Å². The Labute approximate surface area is 272 Å². The molecule has 4 N–H and O–H groups in total. The Morgan fingerprint density at radius 2 is 1.83 bits per heavy atom. The average molecular weight is 648 g/mol. The van der Waals surface area contributed by atoms with Gasteiger partial charge < -0.3 is 44.8 Å². The Morgan fingerprint density at radius 3 is 2.62 bits per heavy atom. The molecule has 0 aliphatic carbocycles. The van der Waals surface area contributed by atoms with Gasteiger partial charge in [0.1, 0.15) is 29.4 Å². The molecule has 47 heavy (non-hydrogen) atoms. The fourth-order valence-corrected chi connectivity index (χ4v) is 5.40. The van der Waals surface area contributed by atoms with E-state index >= 15 is 0 Å². The molecular formula is C34H41N5O8. The molecule has 3 aromatic rings. The average Bonchev–Trinajstić information content (AvgIpc) is 3.05. The van der Waals surface area contributed by atoms with Gasteiger partial charge in [-0.05, 0) is 54.3 Å². The number of amides is 4. The molecule has 0 spiro atoms. The first-order valence-corrected chi connectivity index (χ1v) is 15.7. The summed E-state index contributed by atoms with van der Waals surface area (Å²) >= 11 is 0. The Bertz CT molecular complexity index is 1640. The molecule has 2 atom stereocenters. The number of H-pyrrole nitrogens is 1. The van der Waals surface area contributed by atoms with Gasteiger partial charge in [0.25, 0.3) is 17.4 Å². The monoisotopic (exact) mass is 647 g/mol. The topological polar surface area (TPSA) is 160 Å². The summed E-state index contributed by atoms with van der Waals surface area (Å²) in [6.07, 6.45) is -0.158. The van der Waals surface area contributed by atoms with E-state index in [4.69, 9.17) is 18.9 Å². The van der Waals surface area contributed by atoms with E-state index in [0.717, 1.165) is 11.3 Å². The van der Waals surface area contributed by atoms with E-state index in [2.05, 4.69) is 20.9 Å². The number of ether oxygens (including phenoxy) is 4. The summed E-state index contributed by atoms with van der Waals surface area (Å²) in [4.78, 5) is 56.5. The van der Waals surface area contributed by atoms with Crippen LogP contribution in [0, 0.1) is 0 Å². The second-order valence-electron chi connectivity index (χ2n) is 11.7. The molecule has 1 saturated heterocycles. The van der Waals surface area contributed by atoms with E-state index in [9.17, 15) is 19.2 Å². The lowest BCUT2D eigenvalue weighted by Gasteiger charge is -2.38. The van der Waals surface area contributed by atoms with Gasteiger partial charge in [0.2, 0.25) is 0 Å². The van der Waals surface area contributed by atoms with Gasteiger partial charge in [0.05, 0.1) is 25.4 Å². The van der Waals surface area contributed by atoms with Crippen LogP contribution in [0.3, 0.4) is 0 Å². The highest BCUT2D eigenvalue weighted by atomic mass is 16.5. The molecule has 4 bridgehead atoms. The summed E-state index contributed by atoms with van der Waals surface area (Å²) in [5.41, 5.74) is 1.50. The zero-order chi connectivity index (χ0) is 33.3. The highest BCUT2D eigenvalue weighted by Crippen LogP contribution is 2.29. The molecule has 250 valence electrons. The fourth-order valence-electron chi connectivity index (χ4n) is 5.40. The fraction of sp³-hybridized carbons (Fsp3) is 0.412. The van der Waals surface area contributed by atoms with Crippen LogP contribution in [0.25, 0.3) is 0 Å². The van der Waals surface area contributed by atoms with Crippen molar-refractivity contribution in [1.29, 1.82) is 0 Å². The number of carbonyl (C=O) groups excluding carboxylic acids is 3. The lowest BCUT2D eigenvalue weighted by molar-refractivity contribution is -0.0235. The Balaban J connectivity index is 1.37. The van der Waals surface area contributed by atoms with Crippen molar-refractivity contribution >= 4 is 17.8 Å². The van der Waals surface area contributed by atoms with Crippen molar-refractivity contribution in [2.45, 2.75) is 44.9 Å². The number of fused-ring (bicyclic) bond motifs is 5. The lowest BCUT2D eigenvalue weighted by atomic mass is 10.0. The van der Waals surface area contributed by atoms with Crippen molar-refractivity contribution in [2.75, 3.05) is 46.5 Å². The van der Waals surface area contributed by atoms with Gasteiger partial charge in [0.15, 0.2) is 0 Å².